The quantitative estimate of drug-likeness (QED) is 0.885. The van der Waals surface area contributed by atoms with Crippen molar-refractivity contribution in [2.75, 3.05) is 6.54 Å². The molecule has 2 N–H and O–H groups in total. The van der Waals surface area contributed by atoms with E-state index in [9.17, 15) is 13.5 Å². The molecule has 0 saturated heterocycles. The van der Waals surface area contributed by atoms with Crippen LogP contribution in [-0.4, -0.2) is 20.1 Å². The molecule has 0 aliphatic carbocycles. The number of nitrogens with one attached hydrogen (secondary N) is 1. The van der Waals surface area contributed by atoms with Gasteiger partial charge in [0, 0.05) is 11.4 Å². The van der Waals surface area contributed by atoms with Crippen molar-refractivity contribution in [3.05, 3.63) is 51.7 Å². The first-order valence-corrected chi connectivity index (χ1v) is 8.57. The summed E-state index contributed by atoms with van der Waals surface area (Å²) in [5.74, 6) is 0. The zero-order chi connectivity index (χ0) is 14.8. The van der Waals surface area contributed by atoms with Gasteiger partial charge in [0.15, 0.2) is 0 Å². The number of hydrogen-bond acceptors (Lipinski definition) is 4. The van der Waals surface area contributed by atoms with Gasteiger partial charge in [-0.3, -0.25) is 0 Å². The number of halogens is 1. The second-order valence-electron chi connectivity index (χ2n) is 4.51. The van der Waals surface area contributed by atoms with Crippen LogP contribution in [0.2, 0.25) is 5.02 Å². The van der Waals surface area contributed by atoms with Crippen molar-refractivity contribution in [3.8, 4) is 0 Å². The van der Waals surface area contributed by atoms with Crippen molar-refractivity contribution in [1.82, 2.24) is 4.72 Å². The lowest BCUT2D eigenvalue weighted by atomic mass is 10.1. The first-order chi connectivity index (χ1) is 9.33. The molecule has 1 atom stereocenters. The predicted octanol–water partition coefficient (Wildman–Crippen LogP) is 2.59. The largest absolute Gasteiger partial charge is 0.383 e. The molecule has 0 bridgehead atoms. The van der Waals surface area contributed by atoms with Crippen molar-refractivity contribution >= 4 is 33.0 Å². The highest BCUT2D eigenvalue weighted by Crippen LogP contribution is 2.26. The minimum atomic E-state index is -3.75. The van der Waals surface area contributed by atoms with E-state index in [1.807, 2.05) is 5.38 Å². The molecule has 108 valence electrons. The van der Waals surface area contributed by atoms with Gasteiger partial charge in [0.2, 0.25) is 10.0 Å². The molecule has 2 rings (SSSR count). The van der Waals surface area contributed by atoms with E-state index in [0.717, 1.165) is 0 Å². The maximum absolute atomic E-state index is 12.2. The van der Waals surface area contributed by atoms with Gasteiger partial charge < -0.3 is 5.11 Å². The smallest absolute Gasteiger partial charge is 0.242 e. The van der Waals surface area contributed by atoms with E-state index >= 15 is 0 Å². The van der Waals surface area contributed by atoms with E-state index < -0.39 is 15.6 Å². The molecule has 1 heterocycles. The lowest BCUT2D eigenvalue weighted by Crippen LogP contribution is -2.38. The SMILES string of the molecule is CC(O)(CNS(=O)(=O)c1ccccc1Cl)c1cccs1. The van der Waals surface area contributed by atoms with Gasteiger partial charge in [-0.15, -0.1) is 11.3 Å². The number of sulfonamides is 1. The van der Waals surface area contributed by atoms with Crippen molar-refractivity contribution in [1.29, 1.82) is 0 Å². The number of aliphatic hydroxyl groups is 1. The van der Waals surface area contributed by atoms with E-state index in [2.05, 4.69) is 4.72 Å². The zero-order valence-electron chi connectivity index (χ0n) is 10.7. The first kappa shape index (κ1) is 15.5. The monoisotopic (exact) mass is 331 g/mol. The highest BCUT2D eigenvalue weighted by atomic mass is 35.5. The van der Waals surface area contributed by atoms with Gasteiger partial charge in [0.25, 0.3) is 0 Å². The van der Waals surface area contributed by atoms with Gasteiger partial charge in [-0.2, -0.15) is 0 Å². The Kier molecular flexibility index (Phi) is 4.51. The summed E-state index contributed by atoms with van der Waals surface area (Å²) < 4.78 is 26.7. The van der Waals surface area contributed by atoms with Crippen LogP contribution in [0.15, 0.2) is 46.7 Å². The standard InChI is InChI=1S/C13H14ClNO3S2/c1-13(16,12-7-4-8-19-12)9-15-20(17,18)11-6-3-2-5-10(11)14/h2-8,15-16H,9H2,1H3. The van der Waals surface area contributed by atoms with Crippen molar-refractivity contribution in [2.45, 2.75) is 17.4 Å². The molecule has 0 radical (unpaired) electrons. The van der Waals surface area contributed by atoms with Crippen LogP contribution in [0, 0.1) is 0 Å². The Morgan fingerprint density at radius 2 is 2.00 bits per heavy atom. The molecule has 0 amide bonds. The van der Waals surface area contributed by atoms with E-state index in [4.69, 9.17) is 11.6 Å². The van der Waals surface area contributed by atoms with Gasteiger partial charge in [-0.25, -0.2) is 13.1 Å². The zero-order valence-corrected chi connectivity index (χ0v) is 13.1. The van der Waals surface area contributed by atoms with Gasteiger partial charge >= 0.3 is 0 Å². The molecule has 0 saturated carbocycles. The Bertz CT molecular complexity index is 681. The van der Waals surface area contributed by atoms with Gasteiger partial charge in [0.1, 0.15) is 10.5 Å². The van der Waals surface area contributed by atoms with Crippen LogP contribution in [-0.2, 0) is 15.6 Å². The molecule has 4 nitrogen and oxygen atoms in total. The second-order valence-corrected chi connectivity index (χ2v) is 7.60. The third kappa shape index (κ3) is 3.39. The predicted molar refractivity (Wildman–Crippen MR) is 80.5 cm³/mol. The van der Waals surface area contributed by atoms with E-state index in [-0.39, 0.29) is 16.5 Å². The molecule has 0 fully saturated rings. The first-order valence-electron chi connectivity index (χ1n) is 5.83. The third-order valence-corrected chi connectivity index (χ3v) is 5.81. The van der Waals surface area contributed by atoms with Crippen LogP contribution in [0.5, 0.6) is 0 Å². The van der Waals surface area contributed by atoms with E-state index in [1.54, 1.807) is 31.2 Å². The number of thiophene rings is 1. The number of rotatable bonds is 5. The molecule has 0 aliphatic heterocycles. The molecule has 7 heteroatoms. The topological polar surface area (TPSA) is 66.4 Å². The highest BCUT2D eigenvalue weighted by Gasteiger charge is 2.27. The molecule has 2 aromatic rings. The molecule has 20 heavy (non-hydrogen) atoms. The molecule has 1 aromatic heterocycles. The van der Waals surface area contributed by atoms with Gasteiger partial charge in [-0.05, 0) is 30.5 Å². The Balaban J connectivity index is 2.17. The lowest BCUT2D eigenvalue weighted by molar-refractivity contribution is 0.0666. The van der Waals surface area contributed by atoms with Gasteiger partial charge in [-0.1, -0.05) is 29.8 Å². The molecule has 1 unspecified atom stereocenters. The molecule has 0 spiro atoms. The summed E-state index contributed by atoms with van der Waals surface area (Å²) in [7, 11) is -3.75. The second kappa shape index (κ2) is 5.83. The van der Waals surface area contributed by atoms with Crippen molar-refractivity contribution < 1.29 is 13.5 Å². The Morgan fingerprint density at radius 1 is 1.30 bits per heavy atom. The summed E-state index contributed by atoms with van der Waals surface area (Å²) in [4.78, 5) is 0.697. The van der Waals surface area contributed by atoms with E-state index in [1.165, 1.54) is 23.5 Å². The minimum Gasteiger partial charge on any atom is -0.383 e. The summed E-state index contributed by atoms with van der Waals surface area (Å²) in [6.07, 6.45) is 0. The van der Waals surface area contributed by atoms with Crippen LogP contribution >= 0.6 is 22.9 Å². The summed E-state index contributed by atoms with van der Waals surface area (Å²) in [6.45, 7) is 1.44. The van der Waals surface area contributed by atoms with Crippen LogP contribution in [0.3, 0.4) is 0 Å². The number of hydrogen-bond donors (Lipinski definition) is 2. The van der Waals surface area contributed by atoms with Gasteiger partial charge in [0.05, 0.1) is 5.02 Å². The normalized spacial score (nSPS) is 14.9. The molecule has 0 aliphatic rings. The summed E-state index contributed by atoms with van der Waals surface area (Å²) in [6, 6.07) is 9.74. The van der Waals surface area contributed by atoms with Crippen LogP contribution in [0.1, 0.15) is 11.8 Å². The van der Waals surface area contributed by atoms with Crippen LogP contribution in [0.25, 0.3) is 0 Å². The average molecular weight is 332 g/mol. The van der Waals surface area contributed by atoms with Crippen LogP contribution in [0.4, 0.5) is 0 Å². The summed E-state index contributed by atoms with van der Waals surface area (Å²) in [5.41, 5.74) is -1.26. The molecular formula is C13H14ClNO3S2. The molecule has 1 aromatic carbocycles. The fourth-order valence-corrected chi connectivity index (χ4v) is 4.08. The van der Waals surface area contributed by atoms with Crippen molar-refractivity contribution in [3.63, 3.8) is 0 Å². The van der Waals surface area contributed by atoms with Crippen LogP contribution < -0.4 is 4.72 Å². The Morgan fingerprint density at radius 3 is 2.60 bits per heavy atom. The number of benzene rings is 1. The maximum Gasteiger partial charge on any atom is 0.242 e. The third-order valence-electron chi connectivity index (χ3n) is 2.78. The fourth-order valence-electron chi connectivity index (χ4n) is 1.65. The highest BCUT2D eigenvalue weighted by molar-refractivity contribution is 7.89. The summed E-state index contributed by atoms with van der Waals surface area (Å²) >= 11 is 7.25. The maximum atomic E-state index is 12.2. The van der Waals surface area contributed by atoms with E-state index in [0.29, 0.717) is 4.88 Å². The molecular weight excluding hydrogens is 318 g/mol. The summed E-state index contributed by atoms with van der Waals surface area (Å²) in [5, 5.41) is 12.3. The Hall–Kier alpha value is -0.920. The average Bonchev–Trinajstić information content (AvgIpc) is 2.92. The Labute approximate surface area is 127 Å². The van der Waals surface area contributed by atoms with Crippen molar-refractivity contribution in [2.24, 2.45) is 0 Å². The minimum absolute atomic E-state index is 0.00338. The lowest BCUT2D eigenvalue weighted by Gasteiger charge is -2.22. The fraction of sp³-hybridized carbons (Fsp3) is 0.231.